The number of benzene rings is 2. The van der Waals surface area contributed by atoms with Gasteiger partial charge in [-0.15, -0.1) is 0 Å². The van der Waals surface area contributed by atoms with E-state index >= 15 is 0 Å². The molecule has 0 radical (unpaired) electrons. The van der Waals surface area contributed by atoms with Crippen LogP contribution in [0.3, 0.4) is 0 Å². The average molecular weight is 301 g/mol. The summed E-state index contributed by atoms with van der Waals surface area (Å²) in [6.07, 6.45) is 0. The standard InChI is InChI=1S/C14H12ClF3N2/c1-7-2-8(4-9(16)3-7)14(20-19)10-5-13(18)11(15)6-12(10)17/h2-6,14,20H,19H2,1H3. The van der Waals surface area contributed by atoms with Gasteiger partial charge in [0.2, 0.25) is 0 Å². The third-order valence-electron chi connectivity index (χ3n) is 2.92. The molecule has 1 atom stereocenters. The van der Waals surface area contributed by atoms with Crippen molar-refractivity contribution in [3.63, 3.8) is 0 Å². The smallest absolute Gasteiger partial charge is 0.142 e. The molecule has 0 saturated heterocycles. The zero-order valence-electron chi connectivity index (χ0n) is 10.6. The summed E-state index contributed by atoms with van der Waals surface area (Å²) in [6.45, 7) is 1.69. The topological polar surface area (TPSA) is 38.0 Å². The number of hydrogen-bond acceptors (Lipinski definition) is 2. The Morgan fingerprint density at radius 2 is 1.75 bits per heavy atom. The maximum atomic E-state index is 13.9. The van der Waals surface area contributed by atoms with Crippen LogP contribution in [-0.2, 0) is 0 Å². The molecule has 0 saturated carbocycles. The van der Waals surface area contributed by atoms with Gasteiger partial charge in [-0.2, -0.15) is 0 Å². The van der Waals surface area contributed by atoms with Crippen molar-refractivity contribution in [2.75, 3.05) is 0 Å². The molecular formula is C14H12ClF3N2. The predicted octanol–water partition coefficient (Wildman–Crippen LogP) is 3.62. The Bertz CT molecular complexity index is 626. The Hall–Kier alpha value is -1.56. The molecule has 0 aliphatic rings. The zero-order valence-corrected chi connectivity index (χ0v) is 11.3. The minimum Gasteiger partial charge on any atom is -0.271 e. The van der Waals surface area contributed by atoms with Gasteiger partial charge in [-0.05, 0) is 42.3 Å². The molecule has 0 aliphatic heterocycles. The highest BCUT2D eigenvalue weighted by atomic mass is 35.5. The zero-order chi connectivity index (χ0) is 14.9. The highest BCUT2D eigenvalue weighted by Crippen LogP contribution is 2.28. The molecule has 2 aromatic rings. The van der Waals surface area contributed by atoms with Crippen LogP contribution in [0, 0.1) is 24.4 Å². The van der Waals surface area contributed by atoms with Crippen molar-refractivity contribution in [3.05, 3.63) is 69.5 Å². The summed E-state index contributed by atoms with van der Waals surface area (Å²) < 4.78 is 40.8. The second-order valence-corrected chi connectivity index (χ2v) is 4.86. The summed E-state index contributed by atoms with van der Waals surface area (Å²) in [5.74, 6) is 3.43. The molecule has 2 nitrogen and oxygen atoms in total. The van der Waals surface area contributed by atoms with Gasteiger partial charge in [-0.3, -0.25) is 5.84 Å². The Morgan fingerprint density at radius 3 is 2.35 bits per heavy atom. The van der Waals surface area contributed by atoms with E-state index in [2.05, 4.69) is 5.43 Å². The minimum atomic E-state index is -0.879. The van der Waals surface area contributed by atoms with Crippen molar-refractivity contribution < 1.29 is 13.2 Å². The monoisotopic (exact) mass is 300 g/mol. The highest BCUT2D eigenvalue weighted by Gasteiger charge is 2.20. The van der Waals surface area contributed by atoms with E-state index < -0.39 is 23.5 Å². The number of nitrogens with one attached hydrogen (secondary N) is 1. The van der Waals surface area contributed by atoms with Gasteiger partial charge in [-0.1, -0.05) is 17.7 Å². The molecule has 2 aromatic carbocycles. The van der Waals surface area contributed by atoms with Crippen LogP contribution in [-0.4, -0.2) is 0 Å². The lowest BCUT2D eigenvalue weighted by Gasteiger charge is -2.18. The summed E-state index contributed by atoms with van der Waals surface area (Å²) in [5.41, 5.74) is 3.36. The van der Waals surface area contributed by atoms with Gasteiger partial charge in [-0.25, -0.2) is 18.6 Å². The molecule has 20 heavy (non-hydrogen) atoms. The predicted molar refractivity (Wildman–Crippen MR) is 71.7 cm³/mol. The van der Waals surface area contributed by atoms with Gasteiger partial charge in [0.15, 0.2) is 0 Å². The summed E-state index contributed by atoms with van der Waals surface area (Å²) in [6, 6.07) is 5.11. The normalized spacial score (nSPS) is 12.5. The Kier molecular flexibility index (Phi) is 4.32. The molecule has 106 valence electrons. The Balaban J connectivity index is 2.55. The van der Waals surface area contributed by atoms with E-state index in [9.17, 15) is 13.2 Å². The minimum absolute atomic E-state index is 0.0422. The SMILES string of the molecule is Cc1cc(F)cc(C(NN)c2cc(F)c(Cl)cc2F)c1. The molecular weight excluding hydrogens is 289 g/mol. The molecule has 0 amide bonds. The molecule has 0 bridgehead atoms. The molecule has 2 rings (SSSR count). The van der Waals surface area contributed by atoms with Gasteiger partial charge < -0.3 is 0 Å². The molecule has 0 aliphatic carbocycles. The lowest BCUT2D eigenvalue weighted by molar-refractivity contribution is 0.542. The Labute approximate surface area is 119 Å². The van der Waals surface area contributed by atoms with E-state index in [4.69, 9.17) is 17.4 Å². The van der Waals surface area contributed by atoms with E-state index in [1.165, 1.54) is 12.1 Å². The van der Waals surface area contributed by atoms with Crippen LogP contribution in [0.2, 0.25) is 5.02 Å². The fourth-order valence-electron chi connectivity index (χ4n) is 2.06. The first-order chi connectivity index (χ1) is 9.42. The maximum Gasteiger partial charge on any atom is 0.142 e. The van der Waals surface area contributed by atoms with Crippen LogP contribution < -0.4 is 11.3 Å². The van der Waals surface area contributed by atoms with Gasteiger partial charge in [0.25, 0.3) is 0 Å². The summed E-state index contributed by atoms with van der Waals surface area (Å²) >= 11 is 5.50. The van der Waals surface area contributed by atoms with Crippen molar-refractivity contribution in [1.82, 2.24) is 5.43 Å². The number of hydrazine groups is 1. The van der Waals surface area contributed by atoms with E-state index in [1.54, 1.807) is 13.0 Å². The highest BCUT2D eigenvalue weighted by molar-refractivity contribution is 6.30. The van der Waals surface area contributed by atoms with E-state index in [-0.39, 0.29) is 10.6 Å². The van der Waals surface area contributed by atoms with Crippen molar-refractivity contribution in [3.8, 4) is 0 Å². The molecule has 0 aromatic heterocycles. The summed E-state index contributed by atoms with van der Waals surface area (Å²) in [4.78, 5) is 0. The van der Waals surface area contributed by atoms with Gasteiger partial charge >= 0.3 is 0 Å². The van der Waals surface area contributed by atoms with Crippen LogP contribution in [0.4, 0.5) is 13.2 Å². The lowest BCUT2D eigenvalue weighted by atomic mass is 9.97. The van der Waals surface area contributed by atoms with Crippen LogP contribution in [0.25, 0.3) is 0 Å². The maximum absolute atomic E-state index is 13.9. The van der Waals surface area contributed by atoms with Crippen molar-refractivity contribution in [1.29, 1.82) is 0 Å². The van der Waals surface area contributed by atoms with Crippen molar-refractivity contribution >= 4 is 11.6 Å². The number of rotatable bonds is 3. The second-order valence-electron chi connectivity index (χ2n) is 4.45. The molecule has 0 fully saturated rings. The van der Waals surface area contributed by atoms with Crippen LogP contribution >= 0.6 is 11.6 Å². The Morgan fingerprint density at radius 1 is 1.05 bits per heavy atom. The quantitative estimate of drug-likeness (QED) is 0.516. The number of nitrogens with two attached hydrogens (primary N) is 1. The molecule has 3 N–H and O–H groups in total. The third kappa shape index (κ3) is 2.95. The van der Waals surface area contributed by atoms with Gasteiger partial charge in [0, 0.05) is 5.56 Å². The number of halogens is 4. The first kappa shape index (κ1) is 14.8. The molecule has 1 unspecified atom stereocenters. The largest absolute Gasteiger partial charge is 0.271 e. The van der Waals surface area contributed by atoms with Crippen molar-refractivity contribution in [2.45, 2.75) is 13.0 Å². The molecule has 6 heteroatoms. The van der Waals surface area contributed by atoms with E-state index in [0.29, 0.717) is 11.1 Å². The fourth-order valence-corrected chi connectivity index (χ4v) is 2.21. The molecule has 0 spiro atoms. The van der Waals surface area contributed by atoms with Gasteiger partial charge in [0.1, 0.15) is 17.5 Å². The second kappa shape index (κ2) is 5.83. The number of aryl methyl sites for hydroxylation is 1. The third-order valence-corrected chi connectivity index (χ3v) is 3.20. The molecule has 0 heterocycles. The summed E-state index contributed by atoms with van der Waals surface area (Å²) in [7, 11) is 0. The van der Waals surface area contributed by atoms with Crippen LogP contribution in [0.1, 0.15) is 22.7 Å². The first-order valence-electron chi connectivity index (χ1n) is 5.80. The lowest BCUT2D eigenvalue weighted by Crippen LogP contribution is -2.29. The summed E-state index contributed by atoms with van der Waals surface area (Å²) in [5, 5.41) is -0.322. The van der Waals surface area contributed by atoms with E-state index in [1.807, 2.05) is 0 Å². The van der Waals surface area contributed by atoms with E-state index in [0.717, 1.165) is 12.1 Å². The first-order valence-corrected chi connectivity index (χ1v) is 6.18. The fraction of sp³-hybridized carbons (Fsp3) is 0.143. The number of hydrogen-bond donors (Lipinski definition) is 2. The average Bonchev–Trinajstić information content (AvgIpc) is 2.35. The van der Waals surface area contributed by atoms with Gasteiger partial charge in [0.05, 0.1) is 11.1 Å². The van der Waals surface area contributed by atoms with Crippen LogP contribution in [0.5, 0.6) is 0 Å². The van der Waals surface area contributed by atoms with Crippen molar-refractivity contribution in [2.24, 2.45) is 5.84 Å². The van der Waals surface area contributed by atoms with Crippen LogP contribution in [0.15, 0.2) is 30.3 Å².